The molecule has 0 aliphatic carbocycles. The number of hydrogen-bond acceptors (Lipinski definition) is 7. The Kier molecular flexibility index (Phi) is 26.7. The Morgan fingerprint density at radius 1 is 0.708 bits per heavy atom. The first-order chi connectivity index (χ1) is 23.1. The largest absolute Gasteiger partial charge is 0.469 e. The summed E-state index contributed by atoms with van der Waals surface area (Å²) in [6.45, 7) is 5.88. The van der Waals surface area contributed by atoms with Crippen molar-refractivity contribution in [1.82, 2.24) is 0 Å². The van der Waals surface area contributed by atoms with E-state index in [0.29, 0.717) is 19.3 Å². The quantitative estimate of drug-likeness (QED) is 0.0232. The summed E-state index contributed by atoms with van der Waals surface area (Å²) in [6.07, 6.45) is 33.3. The molecule has 0 aromatic carbocycles. The van der Waals surface area contributed by atoms with E-state index in [9.17, 15) is 14.2 Å². The fourth-order valence-electron chi connectivity index (χ4n) is 5.30. The zero-order valence-electron chi connectivity index (χ0n) is 30.2. The minimum absolute atomic E-state index is 0.128. The van der Waals surface area contributed by atoms with Crippen LogP contribution in [0.3, 0.4) is 0 Å². The molecule has 278 valence electrons. The van der Waals surface area contributed by atoms with Gasteiger partial charge < -0.3 is 24.0 Å². The number of hydrogen-bond donors (Lipinski definition) is 2. The standard InChI is InChI=1S/C38H67O9P/c1-4-5-6-7-8-10-14-17-22-27-35-36(47-35)28-23-19-20-25-30-38(40)46-34(32-45-48(41,42)43)31-44-37(39)29-24-18-15-12-9-11-13-16-21-26-33(2)3/h8,10,17,19,22-23,33-36H,4-7,9,11-16,18,20-21,24-32H2,1-3H3,(H2,41,42,43)/b10-8-,22-17-,23-19-/t34-,35?,36?/m1/s1. The van der Waals surface area contributed by atoms with Crippen molar-refractivity contribution < 1.29 is 42.7 Å². The SMILES string of the molecule is CCCCC/C=C\C/C=C\CC1OC1C/C=C\CCCC(=O)O[C@H](COC(=O)CCCCCCCCCCCC(C)C)COP(=O)(O)O. The number of phosphoric ester groups is 1. The second-order valence-electron chi connectivity index (χ2n) is 13.4. The van der Waals surface area contributed by atoms with Crippen LogP contribution in [0.25, 0.3) is 0 Å². The monoisotopic (exact) mass is 698 g/mol. The minimum Gasteiger partial charge on any atom is -0.462 e. The van der Waals surface area contributed by atoms with Gasteiger partial charge in [0, 0.05) is 12.8 Å². The highest BCUT2D eigenvalue weighted by Gasteiger charge is 2.36. The van der Waals surface area contributed by atoms with E-state index in [1.54, 1.807) is 0 Å². The number of allylic oxidation sites excluding steroid dienone is 4. The number of carbonyl (C=O) groups excluding carboxylic acids is 2. The third-order valence-electron chi connectivity index (χ3n) is 8.24. The smallest absolute Gasteiger partial charge is 0.462 e. The molecule has 0 aromatic rings. The summed E-state index contributed by atoms with van der Waals surface area (Å²) in [7, 11) is -4.77. The van der Waals surface area contributed by atoms with Gasteiger partial charge in [-0.1, -0.05) is 128 Å². The van der Waals surface area contributed by atoms with Crippen LogP contribution < -0.4 is 0 Å². The molecule has 0 saturated carbocycles. The summed E-state index contributed by atoms with van der Waals surface area (Å²) in [5, 5.41) is 0. The van der Waals surface area contributed by atoms with Crippen LogP contribution in [0.15, 0.2) is 36.5 Å². The Bertz CT molecular complexity index is 956. The van der Waals surface area contributed by atoms with Gasteiger partial charge in [0.25, 0.3) is 0 Å². The molecule has 0 radical (unpaired) electrons. The molecule has 1 aliphatic rings. The molecule has 1 rings (SSSR count). The van der Waals surface area contributed by atoms with Gasteiger partial charge in [-0.05, 0) is 57.3 Å². The molecule has 48 heavy (non-hydrogen) atoms. The van der Waals surface area contributed by atoms with Gasteiger partial charge in [-0.3, -0.25) is 14.1 Å². The number of epoxide rings is 1. The lowest BCUT2D eigenvalue weighted by Crippen LogP contribution is -2.29. The van der Waals surface area contributed by atoms with E-state index in [4.69, 9.17) is 24.0 Å². The predicted octanol–water partition coefficient (Wildman–Crippen LogP) is 9.85. The van der Waals surface area contributed by atoms with Gasteiger partial charge in [-0.25, -0.2) is 4.57 Å². The fraction of sp³-hybridized carbons (Fsp3) is 0.789. The first-order valence-electron chi connectivity index (χ1n) is 18.8. The summed E-state index contributed by atoms with van der Waals surface area (Å²) in [4.78, 5) is 42.7. The minimum atomic E-state index is -4.77. The Morgan fingerprint density at radius 2 is 1.27 bits per heavy atom. The van der Waals surface area contributed by atoms with Gasteiger partial charge in [-0.2, -0.15) is 0 Å². The fourth-order valence-corrected chi connectivity index (χ4v) is 5.66. The van der Waals surface area contributed by atoms with E-state index < -0.39 is 32.5 Å². The van der Waals surface area contributed by atoms with Crippen molar-refractivity contribution in [2.24, 2.45) is 5.92 Å². The molecular formula is C38H67O9P. The highest BCUT2D eigenvalue weighted by molar-refractivity contribution is 7.46. The van der Waals surface area contributed by atoms with Crippen LogP contribution in [-0.4, -0.2) is 53.3 Å². The molecule has 1 fully saturated rings. The van der Waals surface area contributed by atoms with Gasteiger partial charge in [0.05, 0.1) is 18.8 Å². The van der Waals surface area contributed by atoms with Crippen LogP contribution in [0.2, 0.25) is 0 Å². The molecular weight excluding hydrogens is 631 g/mol. The van der Waals surface area contributed by atoms with E-state index in [2.05, 4.69) is 55.7 Å². The highest BCUT2D eigenvalue weighted by Crippen LogP contribution is 2.36. The van der Waals surface area contributed by atoms with E-state index in [-0.39, 0.29) is 31.7 Å². The summed E-state index contributed by atoms with van der Waals surface area (Å²) >= 11 is 0. The van der Waals surface area contributed by atoms with Gasteiger partial charge >= 0.3 is 19.8 Å². The molecule has 10 heteroatoms. The Hall–Kier alpha value is -1.77. The van der Waals surface area contributed by atoms with Crippen LogP contribution in [-0.2, 0) is 32.9 Å². The summed E-state index contributed by atoms with van der Waals surface area (Å²) in [5.41, 5.74) is 0. The average Bonchev–Trinajstić information content (AvgIpc) is 3.79. The lowest BCUT2D eigenvalue weighted by molar-refractivity contribution is -0.161. The molecule has 0 aromatic heterocycles. The van der Waals surface area contributed by atoms with Crippen LogP contribution in [0.1, 0.15) is 156 Å². The lowest BCUT2D eigenvalue weighted by atomic mass is 10.0. The average molecular weight is 699 g/mol. The summed E-state index contributed by atoms with van der Waals surface area (Å²) < 4.78 is 32.0. The Morgan fingerprint density at radius 3 is 1.92 bits per heavy atom. The Labute approximate surface area is 291 Å². The molecule has 2 unspecified atom stereocenters. The van der Waals surface area contributed by atoms with Crippen molar-refractivity contribution >= 4 is 19.8 Å². The summed E-state index contributed by atoms with van der Waals surface area (Å²) in [6, 6.07) is 0. The van der Waals surface area contributed by atoms with Crippen molar-refractivity contribution in [3.8, 4) is 0 Å². The molecule has 0 spiro atoms. The molecule has 1 saturated heterocycles. The third kappa shape index (κ3) is 29.2. The molecule has 1 aliphatic heterocycles. The highest BCUT2D eigenvalue weighted by atomic mass is 31.2. The van der Waals surface area contributed by atoms with E-state index in [1.165, 1.54) is 57.8 Å². The Balaban J connectivity index is 2.16. The number of esters is 2. The normalized spacial score (nSPS) is 17.2. The van der Waals surface area contributed by atoms with Crippen LogP contribution >= 0.6 is 7.82 Å². The van der Waals surface area contributed by atoms with Crippen molar-refractivity contribution in [2.75, 3.05) is 13.2 Å². The first kappa shape index (κ1) is 44.3. The van der Waals surface area contributed by atoms with E-state index in [1.807, 2.05) is 6.08 Å². The van der Waals surface area contributed by atoms with Gasteiger partial charge in [0.2, 0.25) is 0 Å². The molecule has 0 amide bonds. The zero-order valence-corrected chi connectivity index (χ0v) is 31.1. The number of phosphoric acid groups is 1. The topological polar surface area (TPSA) is 132 Å². The maximum Gasteiger partial charge on any atom is 0.469 e. The van der Waals surface area contributed by atoms with Gasteiger partial charge in [0.1, 0.15) is 6.61 Å². The number of ether oxygens (including phenoxy) is 3. The van der Waals surface area contributed by atoms with Crippen molar-refractivity contribution in [1.29, 1.82) is 0 Å². The number of unbranched alkanes of at least 4 members (excludes halogenated alkanes) is 12. The van der Waals surface area contributed by atoms with Crippen LogP contribution in [0.4, 0.5) is 0 Å². The van der Waals surface area contributed by atoms with Crippen LogP contribution in [0.5, 0.6) is 0 Å². The van der Waals surface area contributed by atoms with Gasteiger partial charge in [-0.15, -0.1) is 0 Å². The lowest BCUT2D eigenvalue weighted by Gasteiger charge is -2.18. The second-order valence-corrected chi connectivity index (χ2v) is 14.7. The van der Waals surface area contributed by atoms with Crippen LogP contribution in [0, 0.1) is 5.92 Å². The molecule has 1 heterocycles. The second kappa shape index (κ2) is 29.0. The molecule has 2 N–H and O–H groups in total. The maximum atomic E-state index is 12.4. The van der Waals surface area contributed by atoms with Crippen molar-refractivity contribution in [3.63, 3.8) is 0 Å². The number of rotatable bonds is 32. The maximum absolute atomic E-state index is 12.4. The molecule has 3 atom stereocenters. The number of carbonyl (C=O) groups is 2. The third-order valence-corrected chi connectivity index (χ3v) is 8.73. The summed E-state index contributed by atoms with van der Waals surface area (Å²) in [5.74, 6) is -0.177. The predicted molar refractivity (Wildman–Crippen MR) is 192 cm³/mol. The first-order valence-corrected chi connectivity index (χ1v) is 20.3. The van der Waals surface area contributed by atoms with Crippen molar-refractivity contribution in [2.45, 2.75) is 174 Å². The van der Waals surface area contributed by atoms with Crippen molar-refractivity contribution in [3.05, 3.63) is 36.5 Å². The zero-order chi connectivity index (χ0) is 35.3. The van der Waals surface area contributed by atoms with Gasteiger partial charge in [0.15, 0.2) is 6.10 Å². The van der Waals surface area contributed by atoms with E-state index >= 15 is 0 Å². The molecule has 0 bridgehead atoms. The van der Waals surface area contributed by atoms with E-state index in [0.717, 1.165) is 50.9 Å². The molecule has 9 nitrogen and oxygen atoms in total.